The highest BCUT2D eigenvalue weighted by atomic mass is 32.2. The van der Waals surface area contributed by atoms with Crippen LogP contribution in [0.15, 0.2) is 42.5 Å². The van der Waals surface area contributed by atoms with E-state index in [2.05, 4.69) is 5.32 Å². The summed E-state index contributed by atoms with van der Waals surface area (Å²) in [5.41, 5.74) is 4.07. The van der Waals surface area contributed by atoms with E-state index in [9.17, 15) is 18.0 Å². The van der Waals surface area contributed by atoms with Gasteiger partial charge in [-0.2, -0.15) is 0 Å². The highest BCUT2D eigenvalue weighted by Crippen LogP contribution is 2.25. The normalized spacial score (nSPS) is 12.2. The predicted octanol–water partition coefficient (Wildman–Crippen LogP) is 2.93. The molecule has 0 aromatic heterocycles. The summed E-state index contributed by atoms with van der Waals surface area (Å²) in [7, 11) is -2.21. The molecular weight excluding hydrogens is 426 g/mol. The van der Waals surface area contributed by atoms with Crippen molar-refractivity contribution in [2.45, 2.75) is 46.7 Å². The second-order valence-electron chi connectivity index (χ2n) is 7.98. The Bertz CT molecular complexity index is 1080. The van der Waals surface area contributed by atoms with Gasteiger partial charge < -0.3 is 10.2 Å². The summed E-state index contributed by atoms with van der Waals surface area (Å²) in [5.74, 6) is -0.720. The van der Waals surface area contributed by atoms with E-state index in [0.29, 0.717) is 12.1 Å². The summed E-state index contributed by atoms with van der Waals surface area (Å²) < 4.78 is 26.5. The number of hydrogen-bond acceptors (Lipinski definition) is 4. The minimum absolute atomic E-state index is 0.210. The third kappa shape index (κ3) is 5.88. The lowest BCUT2D eigenvalue weighted by atomic mass is 10.1. The number of carbonyl (C=O) groups excluding carboxylic acids is 2. The third-order valence-electron chi connectivity index (χ3n) is 5.76. The average molecular weight is 460 g/mol. The van der Waals surface area contributed by atoms with Crippen molar-refractivity contribution < 1.29 is 18.0 Å². The largest absolute Gasteiger partial charge is 0.357 e. The number of likely N-dealkylation sites (N-methyl/N-ethyl adjacent to an activating group) is 1. The lowest BCUT2D eigenvalue weighted by Crippen LogP contribution is -2.51. The second-order valence-corrected chi connectivity index (χ2v) is 9.88. The van der Waals surface area contributed by atoms with Gasteiger partial charge in [-0.1, -0.05) is 43.3 Å². The van der Waals surface area contributed by atoms with Gasteiger partial charge in [-0.15, -0.1) is 0 Å². The third-order valence-corrected chi connectivity index (χ3v) is 6.88. The van der Waals surface area contributed by atoms with Crippen LogP contribution in [0.3, 0.4) is 0 Å². The van der Waals surface area contributed by atoms with Crippen molar-refractivity contribution in [1.82, 2.24) is 10.2 Å². The van der Waals surface area contributed by atoms with Gasteiger partial charge in [0.25, 0.3) is 0 Å². The Balaban J connectivity index is 2.49. The molecule has 0 fully saturated rings. The molecule has 174 valence electrons. The first kappa shape index (κ1) is 25.4. The Morgan fingerprint density at radius 3 is 2.19 bits per heavy atom. The van der Waals surface area contributed by atoms with Gasteiger partial charge in [0.15, 0.2) is 0 Å². The highest BCUT2D eigenvalue weighted by molar-refractivity contribution is 7.92. The molecule has 2 aromatic rings. The standard InChI is InChI=1S/C24H33N3O4S/c1-7-21(24(29)25-5)26(15-20-13-9-8-11-18(20)3)23(28)16-27(32(6,30)31)22-14-10-12-17(2)19(22)4/h8-14,21H,7,15-16H2,1-6H3,(H,25,29)/t21-/m0/s1. The van der Waals surface area contributed by atoms with Crippen LogP contribution < -0.4 is 9.62 Å². The van der Waals surface area contributed by atoms with Crippen molar-refractivity contribution >= 4 is 27.5 Å². The molecule has 2 amide bonds. The highest BCUT2D eigenvalue weighted by Gasteiger charge is 2.32. The van der Waals surface area contributed by atoms with E-state index < -0.39 is 22.0 Å². The molecule has 1 N–H and O–H groups in total. The Labute approximate surface area is 191 Å². The van der Waals surface area contributed by atoms with Crippen LogP contribution in [-0.2, 0) is 26.2 Å². The van der Waals surface area contributed by atoms with Crippen LogP contribution >= 0.6 is 0 Å². The van der Waals surface area contributed by atoms with Gasteiger partial charge in [-0.3, -0.25) is 13.9 Å². The van der Waals surface area contributed by atoms with Crippen molar-refractivity contribution in [3.63, 3.8) is 0 Å². The van der Waals surface area contributed by atoms with Crippen LogP contribution in [0.1, 0.15) is 35.6 Å². The number of sulfonamides is 1. The van der Waals surface area contributed by atoms with Gasteiger partial charge in [0.2, 0.25) is 21.8 Å². The molecule has 0 aliphatic carbocycles. The zero-order valence-corrected chi connectivity index (χ0v) is 20.5. The van der Waals surface area contributed by atoms with E-state index in [1.807, 2.05) is 58.0 Å². The molecule has 0 spiro atoms. The van der Waals surface area contributed by atoms with E-state index in [-0.39, 0.29) is 19.0 Å². The fourth-order valence-electron chi connectivity index (χ4n) is 3.66. The number of aryl methyl sites for hydroxylation is 2. The summed E-state index contributed by atoms with van der Waals surface area (Å²) in [6, 6.07) is 12.3. The fourth-order valence-corrected chi connectivity index (χ4v) is 4.56. The molecule has 0 aliphatic heterocycles. The van der Waals surface area contributed by atoms with Crippen LogP contribution in [0.5, 0.6) is 0 Å². The summed E-state index contributed by atoms with van der Waals surface area (Å²) in [6.45, 7) is 7.32. The molecule has 8 heteroatoms. The molecule has 2 aromatic carbocycles. The second kappa shape index (κ2) is 10.6. The lowest BCUT2D eigenvalue weighted by molar-refractivity contribution is -0.140. The quantitative estimate of drug-likeness (QED) is 0.625. The van der Waals surface area contributed by atoms with Crippen molar-refractivity contribution in [2.24, 2.45) is 0 Å². The number of rotatable bonds is 9. The Morgan fingerprint density at radius 1 is 1.00 bits per heavy atom. The predicted molar refractivity (Wildman–Crippen MR) is 128 cm³/mol. The number of carbonyl (C=O) groups is 2. The molecular formula is C24H33N3O4S. The van der Waals surface area contributed by atoms with Crippen molar-refractivity contribution in [1.29, 1.82) is 0 Å². The monoisotopic (exact) mass is 459 g/mol. The molecule has 0 unspecified atom stereocenters. The van der Waals surface area contributed by atoms with E-state index >= 15 is 0 Å². The molecule has 0 radical (unpaired) electrons. The first-order valence-corrected chi connectivity index (χ1v) is 12.5. The maximum absolute atomic E-state index is 13.5. The van der Waals surface area contributed by atoms with E-state index in [4.69, 9.17) is 0 Å². The SMILES string of the molecule is CC[C@@H](C(=O)NC)N(Cc1ccccc1C)C(=O)CN(c1cccc(C)c1C)S(C)(=O)=O. The maximum Gasteiger partial charge on any atom is 0.244 e. The fraction of sp³-hybridized carbons (Fsp3) is 0.417. The van der Waals surface area contributed by atoms with Gasteiger partial charge in [0.05, 0.1) is 11.9 Å². The number of hydrogen-bond donors (Lipinski definition) is 1. The van der Waals surface area contributed by atoms with E-state index in [1.54, 1.807) is 12.1 Å². The molecule has 1 atom stereocenters. The first-order chi connectivity index (χ1) is 15.0. The van der Waals surface area contributed by atoms with Crippen molar-refractivity contribution in [3.05, 3.63) is 64.7 Å². The topological polar surface area (TPSA) is 86.8 Å². The summed E-state index contributed by atoms with van der Waals surface area (Å²) >= 11 is 0. The molecule has 0 bridgehead atoms. The lowest BCUT2D eigenvalue weighted by Gasteiger charge is -2.33. The first-order valence-electron chi connectivity index (χ1n) is 10.6. The molecule has 0 heterocycles. The van der Waals surface area contributed by atoms with Crippen LogP contribution in [-0.4, -0.2) is 51.0 Å². The van der Waals surface area contributed by atoms with E-state index in [1.165, 1.54) is 11.9 Å². The Morgan fingerprint density at radius 2 is 1.62 bits per heavy atom. The number of nitrogens with one attached hydrogen (secondary N) is 1. The summed E-state index contributed by atoms with van der Waals surface area (Å²) in [6.07, 6.45) is 1.49. The summed E-state index contributed by atoms with van der Waals surface area (Å²) in [5, 5.41) is 2.62. The molecule has 2 rings (SSSR count). The van der Waals surface area contributed by atoms with Gasteiger partial charge in [0, 0.05) is 13.6 Å². The molecule has 32 heavy (non-hydrogen) atoms. The van der Waals surface area contributed by atoms with Gasteiger partial charge in [-0.05, 0) is 55.5 Å². The average Bonchev–Trinajstić information content (AvgIpc) is 2.74. The smallest absolute Gasteiger partial charge is 0.244 e. The van der Waals surface area contributed by atoms with Crippen LogP contribution in [0, 0.1) is 20.8 Å². The van der Waals surface area contributed by atoms with Crippen LogP contribution in [0.2, 0.25) is 0 Å². The number of amides is 2. The molecule has 0 saturated carbocycles. The van der Waals surface area contributed by atoms with Crippen LogP contribution in [0.25, 0.3) is 0 Å². The zero-order chi connectivity index (χ0) is 24.1. The zero-order valence-electron chi connectivity index (χ0n) is 19.7. The number of nitrogens with zero attached hydrogens (tertiary/aromatic N) is 2. The molecule has 7 nitrogen and oxygen atoms in total. The number of anilines is 1. The van der Waals surface area contributed by atoms with Crippen molar-refractivity contribution in [2.75, 3.05) is 24.2 Å². The molecule has 0 aliphatic rings. The van der Waals surface area contributed by atoms with Gasteiger partial charge in [-0.25, -0.2) is 8.42 Å². The van der Waals surface area contributed by atoms with Gasteiger partial charge in [0.1, 0.15) is 12.6 Å². The summed E-state index contributed by atoms with van der Waals surface area (Å²) in [4.78, 5) is 27.6. The van der Waals surface area contributed by atoms with Crippen molar-refractivity contribution in [3.8, 4) is 0 Å². The molecule has 0 saturated heterocycles. The van der Waals surface area contributed by atoms with E-state index in [0.717, 1.165) is 32.8 Å². The number of benzene rings is 2. The van der Waals surface area contributed by atoms with Gasteiger partial charge >= 0.3 is 0 Å². The minimum Gasteiger partial charge on any atom is -0.357 e. The minimum atomic E-state index is -3.74. The Kier molecular flexibility index (Phi) is 8.44. The maximum atomic E-state index is 13.5. The Hall–Kier alpha value is -2.87. The van der Waals surface area contributed by atoms with Crippen LogP contribution in [0.4, 0.5) is 5.69 Å².